The van der Waals surface area contributed by atoms with Crippen molar-refractivity contribution in [3.05, 3.63) is 77.9 Å². The molecule has 160 valence electrons. The van der Waals surface area contributed by atoms with Gasteiger partial charge in [-0.2, -0.15) is 0 Å². The smallest absolute Gasteiger partial charge is 0.251 e. The first kappa shape index (κ1) is 22.2. The van der Waals surface area contributed by atoms with Crippen LogP contribution in [0.4, 0.5) is 0 Å². The number of hydrogen-bond donors (Lipinski definition) is 2. The summed E-state index contributed by atoms with van der Waals surface area (Å²) in [6.07, 6.45) is 3.27. The van der Waals surface area contributed by atoms with Gasteiger partial charge in [-0.3, -0.25) is 9.69 Å². The van der Waals surface area contributed by atoms with E-state index in [2.05, 4.69) is 52.7 Å². The van der Waals surface area contributed by atoms with Gasteiger partial charge in [-0.15, -0.1) is 6.58 Å². The normalized spacial score (nSPS) is 15.6. The molecule has 1 aliphatic rings. The van der Waals surface area contributed by atoms with Gasteiger partial charge in [0.05, 0.1) is 4.90 Å². The molecule has 0 unspecified atom stereocenters. The van der Waals surface area contributed by atoms with Crippen molar-refractivity contribution in [2.45, 2.75) is 37.2 Å². The lowest BCUT2D eigenvalue weighted by molar-refractivity contribution is 0.0909. The van der Waals surface area contributed by atoms with Crippen molar-refractivity contribution >= 4 is 15.9 Å². The number of amides is 1. The Balaban J connectivity index is 1.50. The van der Waals surface area contributed by atoms with E-state index in [1.807, 2.05) is 0 Å². The van der Waals surface area contributed by atoms with E-state index in [-0.39, 0.29) is 23.4 Å². The maximum absolute atomic E-state index is 12.6. The van der Waals surface area contributed by atoms with Crippen LogP contribution in [-0.4, -0.2) is 44.9 Å². The minimum atomic E-state index is -3.59. The third-order valence-electron chi connectivity index (χ3n) is 5.26. The number of carbonyl (C=O) groups is 1. The van der Waals surface area contributed by atoms with Crippen molar-refractivity contribution in [3.63, 3.8) is 0 Å². The first-order valence-corrected chi connectivity index (χ1v) is 11.6. The summed E-state index contributed by atoms with van der Waals surface area (Å²) >= 11 is 0. The van der Waals surface area contributed by atoms with Crippen LogP contribution in [0.3, 0.4) is 0 Å². The van der Waals surface area contributed by atoms with Gasteiger partial charge in [-0.25, -0.2) is 13.1 Å². The van der Waals surface area contributed by atoms with Crippen LogP contribution in [0, 0.1) is 6.92 Å². The molecule has 0 radical (unpaired) electrons. The lowest BCUT2D eigenvalue weighted by Gasteiger charge is -2.32. The predicted molar refractivity (Wildman–Crippen MR) is 119 cm³/mol. The highest BCUT2D eigenvalue weighted by Gasteiger charge is 2.21. The molecule has 6 nitrogen and oxygen atoms in total. The van der Waals surface area contributed by atoms with Crippen LogP contribution in [0.25, 0.3) is 0 Å². The molecule has 0 bridgehead atoms. The van der Waals surface area contributed by atoms with E-state index in [4.69, 9.17) is 0 Å². The van der Waals surface area contributed by atoms with E-state index in [9.17, 15) is 13.2 Å². The van der Waals surface area contributed by atoms with E-state index in [1.165, 1.54) is 29.3 Å². The summed E-state index contributed by atoms with van der Waals surface area (Å²) in [6, 6.07) is 14.7. The topological polar surface area (TPSA) is 78.5 Å². The fraction of sp³-hybridized carbons (Fsp3) is 0.348. The van der Waals surface area contributed by atoms with Crippen LogP contribution in [0.1, 0.15) is 34.3 Å². The second-order valence-electron chi connectivity index (χ2n) is 7.68. The van der Waals surface area contributed by atoms with Gasteiger partial charge in [-0.05, 0) is 49.6 Å². The van der Waals surface area contributed by atoms with E-state index in [0.717, 1.165) is 32.5 Å². The molecule has 3 rings (SSSR count). The monoisotopic (exact) mass is 427 g/mol. The van der Waals surface area contributed by atoms with Crippen molar-refractivity contribution in [3.8, 4) is 0 Å². The van der Waals surface area contributed by atoms with Crippen LogP contribution in [0.15, 0.2) is 66.1 Å². The Labute approximate surface area is 179 Å². The quantitative estimate of drug-likeness (QED) is 0.635. The fourth-order valence-electron chi connectivity index (χ4n) is 3.61. The average Bonchev–Trinajstić information content (AvgIpc) is 2.74. The van der Waals surface area contributed by atoms with Crippen molar-refractivity contribution < 1.29 is 13.2 Å². The lowest BCUT2D eigenvalue weighted by Crippen LogP contribution is -2.44. The summed E-state index contributed by atoms with van der Waals surface area (Å²) < 4.78 is 26.6. The van der Waals surface area contributed by atoms with Crippen LogP contribution < -0.4 is 10.0 Å². The highest BCUT2D eigenvalue weighted by atomic mass is 32.2. The van der Waals surface area contributed by atoms with E-state index < -0.39 is 10.0 Å². The number of piperidine rings is 1. The minimum absolute atomic E-state index is 0.129. The highest BCUT2D eigenvalue weighted by molar-refractivity contribution is 7.89. The molecular formula is C23H29N3O3S. The third kappa shape index (κ3) is 6.01. The lowest BCUT2D eigenvalue weighted by atomic mass is 10.0. The Morgan fingerprint density at radius 1 is 1.17 bits per heavy atom. The van der Waals surface area contributed by atoms with Crippen molar-refractivity contribution in [1.29, 1.82) is 0 Å². The molecule has 2 aromatic carbocycles. The molecule has 1 heterocycles. The molecule has 2 aromatic rings. The molecule has 0 aromatic heterocycles. The number of rotatable bonds is 8. The first-order chi connectivity index (χ1) is 14.4. The van der Waals surface area contributed by atoms with Gasteiger partial charge in [-0.1, -0.05) is 35.9 Å². The van der Waals surface area contributed by atoms with E-state index in [1.54, 1.807) is 12.1 Å². The predicted octanol–water partition coefficient (Wildman–Crippen LogP) is 2.85. The SMILES string of the molecule is C=CCNS(=O)(=O)c1ccc(C(=O)NC2CCN(Cc3cccc(C)c3)CC2)cc1. The number of benzene rings is 2. The zero-order chi connectivity index (χ0) is 21.6. The number of sulfonamides is 1. The summed E-state index contributed by atoms with van der Waals surface area (Å²) in [5.74, 6) is -0.171. The van der Waals surface area contributed by atoms with Gasteiger partial charge >= 0.3 is 0 Å². The van der Waals surface area contributed by atoms with Gasteiger partial charge in [0, 0.05) is 37.8 Å². The maximum Gasteiger partial charge on any atom is 0.251 e. The molecule has 0 aliphatic carbocycles. The Morgan fingerprint density at radius 2 is 1.87 bits per heavy atom. The molecule has 0 saturated carbocycles. The molecule has 1 saturated heterocycles. The van der Waals surface area contributed by atoms with Gasteiger partial charge in [0.25, 0.3) is 5.91 Å². The van der Waals surface area contributed by atoms with Gasteiger partial charge in [0.1, 0.15) is 0 Å². The molecule has 1 fully saturated rings. The van der Waals surface area contributed by atoms with Gasteiger partial charge in [0.15, 0.2) is 0 Å². The third-order valence-corrected chi connectivity index (χ3v) is 6.70. The van der Waals surface area contributed by atoms with Crippen LogP contribution in [-0.2, 0) is 16.6 Å². The highest BCUT2D eigenvalue weighted by Crippen LogP contribution is 2.16. The van der Waals surface area contributed by atoms with Crippen LogP contribution >= 0.6 is 0 Å². The van der Waals surface area contributed by atoms with Gasteiger partial charge in [0.2, 0.25) is 10.0 Å². The van der Waals surface area contributed by atoms with E-state index >= 15 is 0 Å². The number of hydrogen-bond acceptors (Lipinski definition) is 4. The standard InChI is InChI=1S/C23H29N3O3S/c1-3-13-24-30(28,29)22-9-7-20(8-10-22)23(27)25-21-11-14-26(15-12-21)17-19-6-4-5-18(2)16-19/h3-10,16,21,24H,1,11-15,17H2,2H3,(H,25,27). The Bertz CT molecular complexity index is 979. The largest absolute Gasteiger partial charge is 0.349 e. The first-order valence-electron chi connectivity index (χ1n) is 10.2. The van der Waals surface area contributed by atoms with Crippen molar-refractivity contribution in [1.82, 2.24) is 14.9 Å². The van der Waals surface area contributed by atoms with Crippen molar-refractivity contribution in [2.24, 2.45) is 0 Å². The van der Waals surface area contributed by atoms with Crippen molar-refractivity contribution in [2.75, 3.05) is 19.6 Å². The molecule has 1 aliphatic heterocycles. The number of nitrogens with one attached hydrogen (secondary N) is 2. The minimum Gasteiger partial charge on any atom is -0.349 e. The molecule has 1 amide bonds. The number of aryl methyl sites for hydroxylation is 1. The number of nitrogens with zero attached hydrogens (tertiary/aromatic N) is 1. The van der Waals surface area contributed by atoms with Crippen LogP contribution in [0.5, 0.6) is 0 Å². The molecule has 0 spiro atoms. The summed E-state index contributed by atoms with van der Waals surface area (Å²) in [7, 11) is -3.59. The Hall–Kier alpha value is -2.48. The molecular weight excluding hydrogens is 398 g/mol. The molecule has 2 N–H and O–H groups in total. The second-order valence-corrected chi connectivity index (χ2v) is 9.44. The summed E-state index contributed by atoms with van der Waals surface area (Å²) in [5.41, 5.74) is 3.04. The summed E-state index contributed by atoms with van der Waals surface area (Å²) in [5, 5.41) is 3.08. The number of carbonyl (C=O) groups excluding carboxylic acids is 1. The fourth-order valence-corrected chi connectivity index (χ4v) is 4.61. The van der Waals surface area contributed by atoms with Gasteiger partial charge < -0.3 is 5.32 Å². The van der Waals surface area contributed by atoms with Crippen LogP contribution in [0.2, 0.25) is 0 Å². The zero-order valence-corrected chi connectivity index (χ0v) is 18.1. The molecule has 30 heavy (non-hydrogen) atoms. The average molecular weight is 428 g/mol. The molecule has 0 atom stereocenters. The number of likely N-dealkylation sites (tertiary alicyclic amines) is 1. The Morgan fingerprint density at radius 3 is 2.50 bits per heavy atom. The summed E-state index contributed by atoms with van der Waals surface area (Å²) in [6.45, 7) is 8.56. The second kappa shape index (κ2) is 10.0. The zero-order valence-electron chi connectivity index (χ0n) is 17.3. The Kier molecular flexibility index (Phi) is 7.42. The maximum atomic E-state index is 12.6. The summed E-state index contributed by atoms with van der Waals surface area (Å²) in [4.78, 5) is 15.1. The molecule has 7 heteroatoms. The van der Waals surface area contributed by atoms with E-state index in [0.29, 0.717) is 5.56 Å².